The van der Waals surface area contributed by atoms with Crippen LogP contribution in [0.25, 0.3) is 0 Å². The second kappa shape index (κ2) is 10.4. The van der Waals surface area contributed by atoms with Gasteiger partial charge in [-0.05, 0) is 29.8 Å². The van der Waals surface area contributed by atoms with Crippen LogP contribution in [0.1, 0.15) is 29.5 Å². The van der Waals surface area contributed by atoms with Gasteiger partial charge in [0.15, 0.2) is 0 Å². The minimum Gasteiger partial charge on any atom is -0.379 e. The Bertz CT molecular complexity index is 857. The molecule has 0 saturated carbocycles. The van der Waals surface area contributed by atoms with Crippen molar-refractivity contribution in [3.63, 3.8) is 0 Å². The van der Waals surface area contributed by atoms with Crippen molar-refractivity contribution >= 4 is 17.5 Å². The number of benzene rings is 1. The second-order valence-electron chi connectivity index (χ2n) is 7.76. The van der Waals surface area contributed by atoms with E-state index >= 15 is 0 Å². The van der Waals surface area contributed by atoms with E-state index in [-0.39, 0.29) is 12.0 Å². The van der Waals surface area contributed by atoms with Gasteiger partial charge in [-0.3, -0.25) is 14.7 Å². The van der Waals surface area contributed by atoms with Crippen LogP contribution in [0.2, 0.25) is 5.02 Å². The first kappa shape index (κ1) is 21.2. The Labute approximate surface area is 182 Å². The highest BCUT2D eigenvalue weighted by Gasteiger charge is 2.26. The van der Waals surface area contributed by atoms with Gasteiger partial charge in [0, 0.05) is 49.7 Å². The number of amides is 1. The molecule has 0 aliphatic carbocycles. The smallest absolute Gasteiger partial charge is 0.224 e. The van der Waals surface area contributed by atoms with Crippen LogP contribution in [0.5, 0.6) is 0 Å². The van der Waals surface area contributed by atoms with Crippen LogP contribution in [0.4, 0.5) is 0 Å². The molecule has 4 rings (SSSR count). The molecular formula is C23H28ClN3O3. The van der Waals surface area contributed by atoms with Crippen molar-refractivity contribution < 1.29 is 14.3 Å². The lowest BCUT2D eigenvalue weighted by Crippen LogP contribution is -2.44. The van der Waals surface area contributed by atoms with E-state index in [1.54, 1.807) is 0 Å². The molecule has 0 N–H and O–H groups in total. The lowest BCUT2D eigenvalue weighted by Gasteiger charge is -2.34. The van der Waals surface area contributed by atoms with Gasteiger partial charge in [0.05, 0.1) is 32.1 Å². The van der Waals surface area contributed by atoms with E-state index in [9.17, 15) is 4.79 Å². The molecule has 1 atom stereocenters. The maximum atomic E-state index is 12.7. The fraction of sp³-hybridized carbons (Fsp3) is 0.478. The summed E-state index contributed by atoms with van der Waals surface area (Å²) in [5.74, 6) is 0.185. The Balaban J connectivity index is 1.35. The predicted molar refractivity (Wildman–Crippen MR) is 116 cm³/mol. The van der Waals surface area contributed by atoms with Gasteiger partial charge in [-0.25, -0.2) is 0 Å². The van der Waals surface area contributed by atoms with Crippen LogP contribution in [0, 0.1) is 0 Å². The average Bonchev–Trinajstić information content (AvgIpc) is 2.78. The summed E-state index contributed by atoms with van der Waals surface area (Å²) in [7, 11) is 0. The lowest BCUT2D eigenvalue weighted by molar-refractivity contribution is -0.139. The van der Waals surface area contributed by atoms with E-state index in [2.05, 4.69) is 4.90 Å². The number of rotatable bonds is 6. The van der Waals surface area contributed by atoms with Crippen molar-refractivity contribution in [2.24, 2.45) is 0 Å². The summed E-state index contributed by atoms with van der Waals surface area (Å²) >= 11 is 6.10. The van der Waals surface area contributed by atoms with Crippen LogP contribution < -0.4 is 0 Å². The Hall–Kier alpha value is -1.99. The maximum absolute atomic E-state index is 12.7. The Morgan fingerprint density at radius 2 is 1.93 bits per heavy atom. The van der Waals surface area contributed by atoms with E-state index in [4.69, 9.17) is 26.1 Å². The number of nitrogens with zero attached hydrogens (tertiary/aromatic N) is 3. The number of pyridine rings is 1. The highest BCUT2D eigenvalue weighted by molar-refractivity contribution is 6.30. The fourth-order valence-corrected chi connectivity index (χ4v) is 4.14. The molecule has 1 aromatic heterocycles. The molecule has 7 heteroatoms. The molecule has 1 aromatic carbocycles. The molecule has 2 aromatic rings. The number of halogens is 1. The van der Waals surface area contributed by atoms with Gasteiger partial charge in [-0.2, -0.15) is 0 Å². The summed E-state index contributed by atoms with van der Waals surface area (Å²) in [5.41, 5.74) is 2.96. The third kappa shape index (κ3) is 5.79. The van der Waals surface area contributed by atoms with Crippen LogP contribution >= 0.6 is 11.6 Å². The van der Waals surface area contributed by atoms with Crippen LogP contribution in [0.3, 0.4) is 0 Å². The quantitative estimate of drug-likeness (QED) is 0.706. The van der Waals surface area contributed by atoms with Crippen molar-refractivity contribution in [1.82, 2.24) is 14.8 Å². The molecule has 160 valence electrons. The number of hydrogen-bond donors (Lipinski definition) is 0. The van der Waals surface area contributed by atoms with Crippen molar-refractivity contribution in [1.29, 1.82) is 0 Å². The zero-order chi connectivity index (χ0) is 20.8. The van der Waals surface area contributed by atoms with Crippen molar-refractivity contribution in [3.05, 3.63) is 64.4 Å². The third-order valence-corrected chi connectivity index (χ3v) is 5.83. The average molecular weight is 430 g/mol. The number of ether oxygens (including phenoxy) is 2. The summed E-state index contributed by atoms with van der Waals surface area (Å²) in [4.78, 5) is 21.8. The molecule has 0 spiro atoms. The molecule has 0 radical (unpaired) electrons. The first-order valence-corrected chi connectivity index (χ1v) is 10.9. The first-order chi connectivity index (χ1) is 14.7. The SMILES string of the molecule is O=C(CCN1CCOCC1)N1CCOC(c2cccc(Cc3cccc(Cl)c3)n2)C1. The zero-order valence-corrected chi connectivity index (χ0v) is 17.9. The minimum atomic E-state index is -0.189. The Kier molecular flexibility index (Phi) is 7.33. The zero-order valence-electron chi connectivity index (χ0n) is 17.1. The Morgan fingerprint density at radius 3 is 2.77 bits per heavy atom. The highest BCUT2D eigenvalue weighted by atomic mass is 35.5. The molecule has 1 unspecified atom stereocenters. The van der Waals surface area contributed by atoms with Gasteiger partial charge in [0.2, 0.25) is 5.91 Å². The number of carbonyl (C=O) groups is 1. The standard InChI is InChI=1S/C23H28ClN3O3/c24-19-4-1-3-18(15-19)16-20-5-2-6-21(25-20)22-17-27(11-14-30-22)23(28)7-8-26-9-12-29-13-10-26/h1-6,15,22H,7-14,16-17H2. The van der Waals surface area contributed by atoms with Gasteiger partial charge >= 0.3 is 0 Å². The summed E-state index contributed by atoms with van der Waals surface area (Å²) in [6, 6.07) is 13.8. The van der Waals surface area contributed by atoms with E-state index in [1.165, 1.54) is 0 Å². The second-order valence-corrected chi connectivity index (χ2v) is 8.20. The fourth-order valence-electron chi connectivity index (χ4n) is 3.92. The maximum Gasteiger partial charge on any atom is 0.224 e. The molecule has 2 aliphatic heterocycles. The predicted octanol–water partition coefficient (Wildman–Crippen LogP) is 2.95. The van der Waals surface area contributed by atoms with E-state index in [0.29, 0.717) is 32.5 Å². The molecule has 2 aliphatic rings. The van der Waals surface area contributed by atoms with Gasteiger partial charge in [0.1, 0.15) is 6.10 Å². The number of carbonyl (C=O) groups excluding carboxylic acids is 1. The molecule has 2 saturated heterocycles. The van der Waals surface area contributed by atoms with Crippen molar-refractivity contribution in [2.45, 2.75) is 18.9 Å². The monoisotopic (exact) mass is 429 g/mol. The third-order valence-electron chi connectivity index (χ3n) is 5.60. The van der Waals surface area contributed by atoms with Crippen LogP contribution in [-0.2, 0) is 20.7 Å². The highest BCUT2D eigenvalue weighted by Crippen LogP contribution is 2.22. The van der Waals surface area contributed by atoms with Crippen molar-refractivity contribution in [3.8, 4) is 0 Å². The molecule has 6 nitrogen and oxygen atoms in total. The Morgan fingerprint density at radius 1 is 1.10 bits per heavy atom. The molecule has 30 heavy (non-hydrogen) atoms. The van der Waals surface area contributed by atoms with Gasteiger partial charge < -0.3 is 14.4 Å². The molecule has 3 heterocycles. The first-order valence-electron chi connectivity index (χ1n) is 10.6. The molecule has 2 fully saturated rings. The minimum absolute atomic E-state index is 0.185. The topological polar surface area (TPSA) is 54.9 Å². The lowest BCUT2D eigenvalue weighted by atomic mass is 10.1. The molecule has 0 bridgehead atoms. The van der Waals surface area contributed by atoms with Gasteiger partial charge in [-0.15, -0.1) is 0 Å². The van der Waals surface area contributed by atoms with E-state index < -0.39 is 0 Å². The number of aromatic nitrogens is 1. The summed E-state index contributed by atoms with van der Waals surface area (Å²) in [6.45, 7) is 5.84. The normalized spacial score (nSPS) is 20.3. The summed E-state index contributed by atoms with van der Waals surface area (Å²) in [6.07, 6.45) is 1.06. The van der Waals surface area contributed by atoms with Crippen molar-refractivity contribution in [2.75, 3.05) is 52.5 Å². The number of morpholine rings is 2. The largest absolute Gasteiger partial charge is 0.379 e. The number of hydrogen-bond acceptors (Lipinski definition) is 5. The van der Waals surface area contributed by atoms with Crippen LogP contribution in [0.15, 0.2) is 42.5 Å². The van der Waals surface area contributed by atoms with Gasteiger partial charge in [-0.1, -0.05) is 29.8 Å². The summed E-state index contributed by atoms with van der Waals surface area (Å²) < 4.78 is 11.3. The molecule has 1 amide bonds. The summed E-state index contributed by atoms with van der Waals surface area (Å²) in [5, 5.41) is 0.727. The van der Waals surface area contributed by atoms with E-state index in [0.717, 1.165) is 54.8 Å². The van der Waals surface area contributed by atoms with Crippen LogP contribution in [-0.4, -0.2) is 73.2 Å². The molecular weight excluding hydrogens is 402 g/mol. The van der Waals surface area contributed by atoms with Gasteiger partial charge in [0.25, 0.3) is 0 Å². The van der Waals surface area contributed by atoms with E-state index in [1.807, 2.05) is 47.4 Å².